The van der Waals surface area contributed by atoms with Crippen molar-refractivity contribution in [1.29, 1.82) is 0 Å². The summed E-state index contributed by atoms with van der Waals surface area (Å²) in [6, 6.07) is 5.44. The zero-order valence-corrected chi connectivity index (χ0v) is 10.6. The van der Waals surface area contributed by atoms with Gasteiger partial charge in [-0.15, -0.1) is 6.58 Å². The second-order valence-corrected chi connectivity index (χ2v) is 3.48. The molecule has 0 aromatic heterocycles. The molecule has 0 radical (unpaired) electrons. The van der Waals surface area contributed by atoms with Gasteiger partial charge in [-0.3, -0.25) is 4.79 Å². The Morgan fingerprint density at radius 3 is 2.67 bits per heavy atom. The fraction of sp³-hybridized carbons (Fsp3) is 0.214. The van der Waals surface area contributed by atoms with E-state index in [0.29, 0.717) is 18.0 Å². The van der Waals surface area contributed by atoms with Crippen LogP contribution in [-0.2, 0) is 4.79 Å². The minimum Gasteiger partial charge on any atom is -0.493 e. The van der Waals surface area contributed by atoms with Crippen molar-refractivity contribution < 1.29 is 14.3 Å². The van der Waals surface area contributed by atoms with E-state index in [9.17, 15) is 4.79 Å². The molecule has 96 valence electrons. The molecule has 0 fully saturated rings. The molecular formula is C14H17NO3. The molecule has 0 bridgehead atoms. The summed E-state index contributed by atoms with van der Waals surface area (Å²) in [7, 11) is 3.15. The molecule has 18 heavy (non-hydrogen) atoms. The molecule has 0 atom stereocenters. The zero-order valence-electron chi connectivity index (χ0n) is 10.6. The van der Waals surface area contributed by atoms with E-state index in [4.69, 9.17) is 9.47 Å². The number of methoxy groups -OCH3 is 2. The first kappa shape index (κ1) is 13.8. The molecule has 0 aliphatic carbocycles. The molecule has 4 heteroatoms. The Morgan fingerprint density at radius 2 is 2.06 bits per heavy atom. The molecule has 0 spiro atoms. The van der Waals surface area contributed by atoms with Gasteiger partial charge < -0.3 is 14.8 Å². The minimum atomic E-state index is -0.162. The second kappa shape index (κ2) is 7.17. The number of hydrogen-bond acceptors (Lipinski definition) is 3. The Hall–Kier alpha value is -2.23. The number of amides is 1. The SMILES string of the molecule is C=CCNC(=O)/C=C/c1ccc(OC)c(OC)c1. The van der Waals surface area contributed by atoms with Crippen LogP contribution < -0.4 is 14.8 Å². The maximum absolute atomic E-state index is 11.4. The van der Waals surface area contributed by atoms with Gasteiger partial charge in [0.05, 0.1) is 14.2 Å². The van der Waals surface area contributed by atoms with Gasteiger partial charge in [0, 0.05) is 12.6 Å². The first-order valence-electron chi connectivity index (χ1n) is 5.50. The molecule has 0 saturated heterocycles. The molecule has 0 aliphatic heterocycles. The standard InChI is InChI=1S/C14H17NO3/c1-4-9-15-14(16)8-6-11-5-7-12(17-2)13(10-11)18-3/h4-8,10H,1,9H2,2-3H3,(H,15,16)/b8-6+. The van der Waals surface area contributed by atoms with Crippen molar-refractivity contribution in [1.82, 2.24) is 5.32 Å². The van der Waals surface area contributed by atoms with E-state index in [1.54, 1.807) is 38.5 Å². The molecule has 0 unspecified atom stereocenters. The van der Waals surface area contributed by atoms with Crippen molar-refractivity contribution >= 4 is 12.0 Å². The predicted octanol–water partition coefficient (Wildman–Crippen LogP) is 2.02. The summed E-state index contributed by atoms with van der Waals surface area (Å²) in [6.45, 7) is 3.98. The Morgan fingerprint density at radius 1 is 1.33 bits per heavy atom. The lowest BCUT2D eigenvalue weighted by Crippen LogP contribution is -2.20. The smallest absolute Gasteiger partial charge is 0.244 e. The number of carbonyl (C=O) groups is 1. The molecule has 1 amide bonds. The number of carbonyl (C=O) groups excluding carboxylic acids is 1. The lowest BCUT2D eigenvalue weighted by Gasteiger charge is -2.07. The van der Waals surface area contributed by atoms with Gasteiger partial charge in [-0.2, -0.15) is 0 Å². The Labute approximate surface area is 107 Å². The van der Waals surface area contributed by atoms with Crippen LogP contribution in [0.2, 0.25) is 0 Å². The second-order valence-electron chi connectivity index (χ2n) is 3.48. The van der Waals surface area contributed by atoms with E-state index in [1.807, 2.05) is 6.07 Å². The highest BCUT2D eigenvalue weighted by atomic mass is 16.5. The van der Waals surface area contributed by atoms with E-state index < -0.39 is 0 Å². The van der Waals surface area contributed by atoms with Crippen LogP contribution in [0, 0.1) is 0 Å². The maximum atomic E-state index is 11.4. The lowest BCUT2D eigenvalue weighted by molar-refractivity contribution is -0.116. The third kappa shape index (κ3) is 3.97. The maximum Gasteiger partial charge on any atom is 0.244 e. The van der Waals surface area contributed by atoms with Crippen molar-refractivity contribution in [2.75, 3.05) is 20.8 Å². The highest BCUT2D eigenvalue weighted by Gasteiger charge is 2.02. The number of ether oxygens (including phenoxy) is 2. The van der Waals surface area contributed by atoms with Gasteiger partial charge in [0.15, 0.2) is 11.5 Å². The minimum absolute atomic E-state index is 0.162. The normalized spacial score (nSPS) is 10.1. The Balaban J connectivity index is 2.75. The average Bonchev–Trinajstić information content (AvgIpc) is 2.42. The highest BCUT2D eigenvalue weighted by Crippen LogP contribution is 2.27. The third-order valence-electron chi connectivity index (χ3n) is 2.26. The molecule has 0 saturated carbocycles. The van der Waals surface area contributed by atoms with Gasteiger partial charge >= 0.3 is 0 Å². The van der Waals surface area contributed by atoms with Gasteiger partial charge in [0.25, 0.3) is 0 Å². The summed E-state index contributed by atoms with van der Waals surface area (Å²) in [5.41, 5.74) is 0.862. The summed E-state index contributed by atoms with van der Waals surface area (Å²) in [5.74, 6) is 1.13. The topological polar surface area (TPSA) is 47.6 Å². The molecule has 1 N–H and O–H groups in total. The van der Waals surface area contributed by atoms with E-state index in [-0.39, 0.29) is 5.91 Å². The largest absolute Gasteiger partial charge is 0.493 e. The van der Waals surface area contributed by atoms with E-state index in [2.05, 4.69) is 11.9 Å². The summed E-state index contributed by atoms with van der Waals surface area (Å²) in [6.07, 6.45) is 4.80. The van der Waals surface area contributed by atoms with Crippen molar-refractivity contribution in [3.8, 4) is 11.5 Å². The van der Waals surface area contributed by atoms with Crippen molar-refractivity contribution in [2.45, 2.75) is 0 Å². The molecular weight excluding hydrogens is 230 g/mol. The van der Waals surface area contributed by atoms with Crippen LogP contribution in [0.25, 0.3) is 6.08 Å². The average molecular weight is 247 g/mol. The molecule has 1 rings (SSSR count). The fourth-order valence-corrected chi connectivity index (χ4v) is 1.36. The van der Waals surface area contributed by atoms with Crippen LogP contribution >= 0.6 is 0 Å². The van der Waals surface area contributed by atoms with Crippen LogP contribution in [0.1, 0.15) is 5.56 Å². The van der Waals surface area contributed by atoms with Crippen LogP contribution in [0.3, 0.4) is 0 Å². The fourth-order valence-electron chi connectivity index (χ4n) is 1.36. The molecule has 1 aromatic rings. The van der Waals surface area contributed by atoms with Crippen molar-refractivity contribution in [3.05, 3.63) is 42.5 Å². The third-order valence-corrected chi connectivity index (χ3v) is 2.26. The zero-order chi connectivity index (χ0) is 13.4. The summed E-state index contributed by atoms with van der Waals surface area (Å²) < 4.78 is 10.3. The first-order chi connectivity index (χ1) is 8.71. The number of hydrogen-bond donors (Lipinski definition) is 1. The van der Waals surface area contributed by atoms with Gasteiger partial charge in [0.1, 0.15) is 0 Å². The monoisotopic (exact) mass is 247 g/mol. The Kier molecular flexibility index (Phi) is 5.51. The van der Waals surface area contributed by atoms with E-state index in [0.717, 1.165) is 5.56 Å². The van der Waals surface area contributed by atoms with Gasteiger partial charge in [-0.25, -0.2) is 0 Å². The number of nitrogens with one attached hydrogen (secondary N) is 1. The summed E-state index contributed by atoms with van der Waals surface area (Å²) >= 11 is 0. The Bertz CT molecular complexity index is 452. The number of rotatable bonds is 6. The van der Waals surface area contributed by atoms with Crippen molar-refractivity contribution in [2.24, 2.45) is 0 Å². The van der Waals surface area contributed by atoms with Gasteiger partial charge in [-0.05, 0) is 23.8 Å². The van der Waals surface area contributed by atoms with Crippen molar-refractivity contribution in [3.63, 3.8) is 0 Å². The van der Waals surface area contributed by atoms with E-state index in [1.165, 1.54) is 6.08 Å². The lowest BCUT2D eigenvalue weighted by atomic mass is 10.2. The van der Waals surface area contributed by atoms with Gasteiger partial charge in [-0.1, -0.05) is 12.1 Å². The van der Waals surface area contributed by atoms with E-state index >= 15 is 0 Å². The molecule has 0 aliphatic rings. The number of benzene rings is 1. The first-order valence-corrected chi connectivity index (χ1v) is 5.50. The van der Waals surface area contributed by atoms with Crippen LogP contribution in [0.5, 0.6) is 11.5 Å². The van der Waals surface area contributed by atoms with Crippen LogP contribution in [0.15, 0.2) is 36.9 Å². The van der Waals surface area contributed by atoms with Crippen LogP contribution in [-0.4, -0.2) is 26.7 Å². The molecule has 1 aromatic carbocycles. The van der Waals surface area contributed by atoms with Gasteiger partial charge in [0.2, 0.25) is 5.91 Å². The highest BCUT2D eigenvalue weighted by molar-refractivity contribution is 5.91. The molecule has 4 nitrogen and oxygen atoms in total. The molecule has 0 heterocycles. The quantitative estimate of drug-likeness (QED) is 0.618. The summed E-state index contributed by atoms with van der Waals surface area (Å²) in [5, 5.41) is 2.65. The predicted molar refractivity (Wildman–Crippen MR) is 71.8 cm³/mol. The summed E-state index contributed by atoms with van der Waals surface area (Å²) in [4.78, 5) is 11.4. The van der Waals surface area contributed by atoms with Crippen LogP contribution in [0.4, 0.5) is 0 Å².